The van der Waals surface area contributed by atoms with E-state index in [0.717, 1.165) is 37.5 Å². The number of nitrogens with one attached hydrogen (secondary N) is 2. The smallest absolute Gasteiger partial charge is 0.257 e. The molecule has 0 saturated carbocycles. The molecular formula is C12H19N5O2S. The number of nitrogens with two attached hydrogens (primary N) is 1. The predicted molar refractivity (Wildman–Crippen MR) is 78.8 cm³/mol. The highest BCUT2D eigenvalue weighted by molar-refractivity contribution is 7.11. The molecule has 1 aliphatic heterocycles. The van der Waals surface area contributed by atoms with E-state index in [4.69, 9.17) is 5.73 Å². The van der Waals surface area contributed by atoms with Gasteiger partial charge in [-0.1, -0.05) is 0 Å². The average molecular weight is 297 g/mol. The summed E-state index contributed by atoms with van der Waals surface area (Å²) < 4.78 is 3.95. The Bertz CT molecular complexity index is 496. The summed E-state index contributed by atoms with van der Waals surface area (Å²) in [6, 6.07) is 0. The fourth-order valence-electron chi connectivity index (χ4n) is 2.18. The van der Waals surface area contributed by atoms with Crippen LogP contribution < -0.4 is 16.4 Å². The molecule has 110 valence electrons. The Labute approximate surface area is 121 Å². The number of piperidine rings is 1. The molecule has 1 saturated heterocycles. The largest absolute Gasteiger partial charge is 0.382 e. The SMILES string of the molecule is CNC(=O)c1c(N)nsc1NCC(=O)N1CCCCC1. The van der Waals surface area contributed by atoms with Crippen molar-refractivity contribution >= 4 is 34.2 Å². The van der Waals surface area contributed by atoms with Crippen LogP contribution in [0.15, 0.2) is 0 Å². The van der Waals surface area contributed by atoms with Crippen LogP contribution in [0.1, 0.15) is 29.6 Å². The van der Waals surface area contributed by atoms with Gasteiger partial charge in [0.1, 0.15) is 10.6 Å². The number of aromatic nitrogens is 1. The highest BCUT2D eigenvalue weighted by Crippen LogP contribution is 2.26. The minimum Gasteiger partial charge on any atom is -0.382 e. The molecule has 0 bridgehead atoms. The molecule has 0 spiro atoms. The Hall–Kier alpha value is -1.83. The van der Waals surface area contributed by atoms with Gasteiger partial charge in [-0.3, -0.25) is 9.59 Å². The summed E-state index contributed by atoms with van der Waals surface area (Å²) >= 11 is 1.09. The maximum atomic E-state index is 12.0. The van der Waals surface area contributed by atoms with Crippen LogP contribution in [0.25, 0.3) is 0 Å². The van der Waals surface area contributed by atoms with Crippen molar-refractivity contribution < 1.29 is 9.59 Å². The van der Waals surface area contributed by atoms with Gasteiger partial charge in [0.2, 0.25) is 5.91 Å². The highest BCUT2D eigenvalue weighted by atomic mass is 32.1. The molecule has 0 radical (unpaired) electrons. The Balaban J connectivity index is 1.97. The number of amides is 2. The summed E-state index contributed by atoms with van der Waals surface area (Å²) in [6.07, 6.45) is 3.30. The van der Waals surface area contributed by atoms with Gasteiger partial charge >= 0.3 is 0 Å². The number of likely N-dealkylation sites (tertiary alicyclic amines) is 1. The first kappa shape index (κ1) is 14.6. The molecule has 8 heteroatoms. The van der Waals surface area contributed by atoms with Crippen molar-refractivity contribution in [3.8, 4) is 0 Å². The number of nitrogens with zero attached hydrogens (tertiary/aromatic N) is 2. The third kappa shape index (κ3) is 3.19. The quantitative estimate of drug-likeness (QED) is 0.752. The zero-order valence-electron chi connectivity index (χ0n) is 11.4. The molecule has 0 atom stereocenters. The van der Waals surface area contributed by atoms with Crippen molar-refractivity contribution in [1.82, 2.24) is 14.6 Å². The van der Waals surface area contributed by atoms with E-state index in [9.17, 15) is 9.59 Å². The number of carbonyl (C=O) groups is 2. The van der Waals surface area contributed by atoms with Crippen LogP contribution in [0.2, 0.25) is 0 Å². The second-order valence-electron chi connectivity index (χ2n) is 4.65. The summed E-state index contributed by atoms with van der Waals surface area (Å²) in [5.74, 6) is -0.0778. The Kier molecular flexibility index (Phi) is 4.78. The number of hydrogen-bond donors (Lipinski definition) is 3. The zero-order chi connectivity index (χ0) is 14.5. The first-order valence-electron chi connectivity index (χ1n) is 6.62. The second-order valence-corrected chi connectivity index (χ2v) is 5.42. The lowest BCUT2D eigenvalue weighted by molar-refractivity contribution is -0.130. The van der Waals surface area contributed by atoms with Gasteiger partial charge < -0.3 is 21.3 Å². The van der Waals surface area contributed by atoms with Crippen LogP contribution in [0.4, 0.5) is 10.8 Å². The maximum absolute atomic E-state index is 12.0. The molecule has 20 heavy (non-hydrogen) atoms. The van der Waals surface area contributed by atoms with Crippen molar-refractivity contribution in [3.05, 3.63) is 5.56 Å². The molecule has 4 N–H and O–H groups in total. The van der Waals surface area contributed by atoms with Crippen LogP contribution in [0, 0.1) is 0 Å². The molecule has 7 nitrogen and oxygen atoms in total. The Morgan fingerprint density at radius 1 is 1.35 bits per heavy atom. The third-order valence-corrected chi connectivity index (χ3v) is 4.10. The van der Waals surface area contributed by atoms with E-state index in [-0.39, 0.29) is 24.2 Å². The molecule has 0 unspecified atom stereocenters. The minimum atomic E-state index is -0.302. The van der Waals surface area contributed by atoms with Crippen molar-refractivity contribution in [3.63, 3.8) is 0 Å². The van der Waals surface area contributed by atoms with E-state index in [1.165, 1.54) is 13.5 Å². The van der Waals surface area contributed by atoms with Crippen molar-refractivity contribution in [2.75, 3.05) is 37.7 Å². The second kappa shape index (κ2) is 6.56. The molecule has 2 rings (SSSR count). The van der Waals surface area contributed by atoms with Gasteiger partial charge in [0.15, 0.2) is 5.82 Å². The normalized spacial score (nSPS) is 14.9. The lowest BCUT2D eigenvalue weighted by Gasteiger charge is -2.26. The summed E-state index contributed by atoms with van der Waals surface area (Å²) in [7, 11) is 1.53. The molecule has 1 aliphatic rings. The van der Waals surface area contributed by atoms with Crippen molar-refractivity contribution in [2.45, 2.75) is 19.3 Å². The van der Waals surface area contributed by atoms with Gasteiger partial charge in [-0.05, 0) is 30.8 Å². The van der Waals surface area contributed by atoms with Crippen LogP contribution in [0.5, 0.6) is 0 Å². The fraction of sp³-hybridized carbons (Fsp3) is 0.583. The molecule has 1 aromatic heterocycles. The fourth-order valence-corrected chi connectivity index (χ4v) is 2.88. The molecule has 2 heterocycles. The summed E-state index contributed by atoms with van der Waals surface area (Å²) in [5.41, 5.74) is 5.98. The monoisotopic (exact) mass is 297 g/mol. The topological polar surface area (TPSA) is 100 Å². The maximum Gasteiger partial charge on any atom is 0.257 e. The molecule has 0 aliphatic carbocycles. The van der Waals surface area contributed by atoms with Gasteiger partial charge in [0.25, 0.3) is 5.91 Å². The van der Waals surface area contributed by atoms with Crippen LogP contribution in [-0.4, -0.2) is 47.8 Å². The average Bonchev–Trinajstić information content (AvgIpc) is 2.86. The van der Waals surface area contributed by atoms with Gasteiger partial charge in [-0.2, -0.15) is 4.37 Å². The van der Waals surface area contributed by atoms with E-state index < -0.39 is 0 Å². The van der Waals surface area contributed by atoms with E-state index in [2.05, 4.69) is 15.0 Å². The molecule has 1 fully saturated rings. The predicted octanol–water partition coefficient (Wildman–Crippen LogP) is 0.509. The molecule has 1 aromatic rings. The summed E-state index contributed by atoms with van der Waals surface area (Å²) in [4.78, 5) is 25.6. The van der Waals surface area contributed by atoms with Crippen LogP contribution in [0.3, 0.4) is 0 Å². The van der Waals surface area contributed by atoms with E-state index >= 15 is 0 Å². The summed E-state index contributed by atoms with van der Waals surface area (Å²) in [6.45, 7) is 1.78. The molecule has 0 aromatic carbocycles. The lowest BCUT2D eigenvalue weighted by Crippen LogP contribution is -2.39. The van der Waals surface area contributed by atoms with E-state index in [0.29, 0.717) is 10.6 Å². The molecule has 2 amide bonds. The first-order valence-corrected chi connectivity index (χ1v) is 7.39. The zero-order valence-corrected chi connectivity index (χ0v) is 12.3. The van der Waals surface area contributed by atoms with Crippen molar-refractivity contribution in [1.29, 1.82) is 0 Å². The van der Waals surface area contributed by atoms with E-state index in [1.54, 1.807) is 0 Å². The van der Waals surface area contributed by atoms with Crippen LogP contribution >= 0.6 is 11.5 Å². The Morgan fingerprint density at radius 2 is 2.05 bits per heavy atom. The van der Waals surface area contributed by atoms with Gasteiger partial charge in [-0.25, -0.2) is 0 Å². The van der Waals surface area contributed by atoms with E-state index in [1.807, 2.05) is 4.90 Å². The molecular weight excluding hydrogens is 278 g/mol. The minimum absolute atomic E-state index is 0.0412. The van der Waals surface area contributed by atoms with Crippen LogP contribution in [-0.2, 0) is 4.79 Å². The van der Waals surface area contributed by atoms with Gasteiger partial charge in [-0.15, -0.1) is 0 Å². The van der Waals surface area contributed by atoms with Gasteiger partial charge in [0, 0.05) is 20.1 Å². The lowest BCUT2D eigenvalue weighted by atomic mass is 10.1. The first-order chi connectivity index (χ1) is 9.63. The number of carbonyl (C=O) groups excluding carboxylic acids is 2. The number of nitrogen functional groups attached to an aromatic ring is 1. The number of hydrogen-bond acceptors (Lipinski definition) is 6. The standard InChI is InChI=1S/C12H19N5O2S/c1-14-11(19)9-10(13)16-20-12(9)15-7-8(18)17-5-3-2-4-6-17/h15H,2-7H2,1H3,(H2,13,16)(H,14,19). The Morgan fingerprint density at radius 3 is 2.70 bits per heavy atom. The highest BCUT2D eigenvalue weighted by Gasteiger charge is 2.20. The summed E-state index contributed by atoms with van der Waals surface area (Å²) in [5, 5.41) is 6.02. The number of rotatable bonds is 4. The number of anilines is 2. The van der Waals surface area contributed by atoms with Gasteiger partial charge in [0.05, 0.1) is 6.54 Å². The third-order valence-electron chi connectivity index (χ3n) is 3.28. The van der Waals surface area contributed by atoms with Crippen molar-refractivity contribution in [2.24, 2.45) is 0 Å².